The van der Waals surface area contributed by atoms with Gasteiger partial charge in [0, 0.05) is 11.6 Å². The molecule has 1 rings (SSSR count). The Morgan fingerprint density at radius 3 is 2.56 bits per heavy atom. The summed E-state index contributed by atoms with van der Waals surface area (Å²) in [5.41, 5.74) is 5.96. The Morgan fingerprint density at radius 2 is 2.11 bits per heavy atom. The van der Waals surface area contributed by atoms with Crippen LogP contribution in [0.15, 0.2) is 18.2 Å². The predicted molar refractivity (Wildman–Crippen MR) is 70.2 cm³/mol. The maximum atomic E-state index is 10.8. The second-order valence-corrected chi connectivity index (χ2v) is 5.20. The molecule has 100 valence electrons. The van der Waals surface area contributed by atoms with E-state index in [9.17, 15) is 15.2 Å². The third kappa shape index (κ3) is 3.68. The van der Waals surface area contributed by atoms with Crippen molar-refractivity contribution in [3.05, 3.63) is 33.9 Å². The lowest BCUT2D eigenvalue weighted by molar-refractivity contribution is -0.384. The van der Waals surface area contributed by atoms with E-state index >= 15 is 0 Å². The van der Waals surface area contributed by atoms with E-state index in [4.69, 9.17) is 5.73 Å². The van der Waals surface area contributed by atoms with Crippen LogP contribution in [0.25, 0.3) is 0 Å². The summed E-state index contributed by atoms with van der Waals surface area (Å²) in [5.74, 6) is 0. The third-order valence-electron chi connectivity index (χ3n) is 2.44. The molecule has 0 bridgehead atoms. The standard InChI is InChI=1S/C12H19N3O3/c1-12(2,3)14-10(7-16)8-4-5-9(13)11(6-8)15(17)18/h4-6,10,14,16H,7,13H2,1-3H3. The lowest BCUT2D eigenvalue weighted by atomic mass is 10.0. The van der Waals surface area contributed by atoms with Crippen LogP contribution in [-0.4, -0.2) is 22.2 Å². The summed E-state index contributed by atoms with van der Waals surface area (Å²) < 4.78 is 0. The van der Waals surface area contributed by atoms with Crippen LogP contribution in [0.4, 0.5) is 11.4 Å². The first-order valence-corrected chi connectivity index (χ1v) is 5.67. The molecule has 0 spiro atoms. The second-order valence-electron chi connectivity index (χ2n) is 5.20. The second kappa shape index (κ2) is 5.32. The Hall–Kier alpha value is -1.66. The van der Waals surface area contributed by atoms with Gasteiger partial charge in [0.25, 0.3) is 5.69 Å². The van der Waals surface area contributed by atoms with E-state index < -0.39 is 4.92 Å². The van der Waals surface area contributed by atoms with Crippen LogP contribution < -0.4 is 11.1 Å². The van der Waals surface area contributed by atoms with Crippen molar-refractivity contribution in [1.29, 1.82) is 0 Å². The number of nitrogens with one attached hydrogen (secondary N) is 1. The molecule has 6 heteroatoms. The number of hydrogen-bond donors (Lipinski definition) is 3. The van der Waals surface area contributed by atoms with Crippen LogP contribution in [0, 0.1) is 10.1 Å². The van der Waals surface area contributed by atoms with E-state index in [0.29, 0.717) is 5.56 Å². The quantitative estimate of drug-likeness (QED) is 0.430. The average molecular weight is 253 g/mol. The van der Waals surface area contributed by atoms with Crippen molar-refractivity contribution in [2.24, 2.45) is 0 Å². The van der Waals surface area contributed by atoms with Gasteiger partial charge in [0.05, 0.1) is 17.6 Å². The van der Waals surface area contributed by atoms with Crippen molar-refractivity contribution in [2.75, 3.05) is 12.3 Å². The number of rotatable bonds is 4. The Bertz CT molecular complexity index is 441. The molecule has 1 unspecified atom stereocenters. The van der Waals surface area contributed by atoms with Gasteiger partial charge in [-0.05, 0) is 32.4 Å². The number of benzene rings is 1. The molecule has 0 heterocycles. The highest BCUT2D eigenvalue weighted by molar-refractivity contribution is 5.59. The van der Waals surface area contributed by atoms with Crippen LogP contribution in [0.3, 0.4) is 0 Å². The Kier molecular flexibility index (Phi) is 4.26. The number of aliphatic hydroxyl groups excluding tert-OH is 1. The van der Waals surface area contributed by atoms with Crippen LogP contribution in [0.5, 0.6) is 0 Å². The van der Waals surface area contributed by atoms with Gasteiger partial charge in [-0.3, -0.25) is 10.1 Å². The maximum Gasteiger partial charge on any atom is 0.292 e. The van der Waals surface area contributed by atoms with Gasteiger partial charge in [0.1, 0.15) is 5.69 Å². The van der Waals surface area contributed by atoms with Gasteiger partial charge in [-0.2, -0.15) is 0 Å². The first-order valence-electron chi connectivity index (χ1n) is 5.67. The van der Waals surface area contributed by atoms with E-state index in [1.54, 1.807) is 6.07 Å². The summed E-state index contributed by atoms with van der Waals surface area (Å²) in [6.45, 7) is 5.74. The molecule has 6 nitrogen and oxygen atoms in total. The highest BCUT2D eigenvalue weighted by Crippen LogP contribution is 2.26. The normalized spacial score (nSPS) is 13.3. The number of nitro benzene ring substituents is 1. The Morgan fingerprint density at radius 1 is 1.50 bits per heavy atom. The lowest BCUT2D eigenvalue weighted by Crippen LogP contribution is -2.40. The zero-order valence-electron chi connectivity index (χ0n) is 10.8. The molecular formula is C12H19N3O3. The minimum absolute atomic E-state index is 0.121. The molecular weight excluding hydrogens is 234 g/mol. The molecule has 0 radical (unpaired) electrons. The molecule has 0 aromatic heterocycles. The molecule has 0 aliphatic heterocycles. The number of anilines is 1. The van der Waals surface area contributed by atoms with Gasteiger partial charge in [-0.25, -0.2) is 0 Å². The molecule has 0 aliphatic carbocycles. The summed E-state index contributed by atoms with van der Waals surface area (Å²) >= 11 is 0. The molecule has 4 N–H and O–H groups in total. The minimum atomic E-state index is -0.523. The highest BCUT2D eigenvalue weighted by Gasteiger charge is 2.21. The van der Waals surface area contributed by atoms with Crippen molar-refractivity contribution < 1.29 is 10.0 Å². The predicted octanol–water partition coefficient (Wildman–Crippen LogP) is 1.60. The molecule has 0 saturated carbocycles. The van der Waals surface area contributed by atoms with E-state index in [-0.39, 0.29) is 29.6 Å². The van der Waals surface area contributed by atoms with Gasteiger partial charge in [0.2, 0.25) is 0 Å². The van der Waals surface area contributed by atoms with Crippen molar-refractivity contribution in [1.82, 2.24) is 5.32 Å². The summed E-state index contributed by atoms with van der Waals surface area (Å²) in [7, 11) is 0. The molecule has 18 heavy (non-hydrogen) atoms. The van der Waals surface area contributed by atoms with Gasteiger partial charge >= 0.3 is 0 Å². The van der Waals surface area contributed by atoms with Crippen molar-refractivity contribution in [2.45, 2.75) is 32.4 Å². The van der Waals surface area contributed by atoms with E-state index in [1.165, 1.54) is 12.1 Å². The third-order valence-corrected chi connectivity index (χ3v) is 2.44. The van der Waals surface area contributed by atoms with E-state index in [2.05, 4.69) is 5.32 Å². The van der Waals surface area contributed by atoms with Crippen LogP contribution in [-0.2, 0) is 0 Å². The molecule has 0 aliphatic rings. The van der Waals surface area contributed by atoms with Crippen LogP contribution in [0.2, 0.25) is 0 Å². The molecule has 0 saturated heterocycles. The topological polar surface area (TPSA) is 101 Å². The largest absolute Gasteiger partial charge is 0.394 e. The maximum absolute atomic E-state index is 10.8. The summed E-state index contributed by atoms with van der Waals surface area (Å²) in [6, 6.07) is 4.21. The minimum Gasteiger partial charge on any atom is -0.394 e. The Balaban J connectivity index is 3.07. The first-order chi connectivity index (χ1) is 8.24. The highest BCUT2D eigenvalue weighted by atomic mass is 16.6. The first kappa shape index (κ1) is 14.4. The average Bonchev–Trinajstić information content (AvgIpc) is 2.25. The number of hydrogen-bond acceptors (Lipinski definition) is 5. The molecule has 1 aromatic carbocycles. The summed E-state index contributed by atoms with van der Waals surface area (Å²) in [5, 5.41) is 23.4. The smallest absolute Gasteiger partial charge is 0.292 e. The molecule has 1 aromatic rings. The van der Waals surface area contributed by atoms with Crippen molar-refractivity contribution in [3.8, 4) is 0 Å². The number of nitrogens with zero attached hydrogens (tertiary/aromatic N) is 1. The number of nitro groups is 1. The lowest BCUT2D eigenvalue weighted by Gasteiger charge is -2.27. The van der Waals surface area contributed by atoms with E-state index in [1.807, 2.05) is 20.8 Å². The number of nitrogens with two attached hydrogens (primary N) is 1. The van der Waals surface area contributed by atoms with Crippen LogP contribution in [0.1, 0.15) is 32.4 Å². The van der Waals surface area contributed by atoms with Crippen molar-refractivity contribution in [3.63, 3.8) is 0 Å². The number of aliphatic hydroxyl groups is 1. The number of nitrogen functional groups attached to an aromatic ring is 1. The van der Waals surface area contributed by atoms with Gasteiger partial charge < -0.3 is 16.2 Å². The molecule has 0 fully saturated rings. The Labute approximate surface area is 106 Å². The van der Waals surface area contributed by atoms with Crippen molar-refractivity contribution >= 4 is 11.4 Å². The molecule has 1 atom stereocenters. The SMILES string of the molecule is CC(C)(C)NC(CO)c1ccc(N)c([N+](=O)[O-])c1. The van der Waals surface area contributed by atoms with Gasteiger partial charge in [-0.1, -0.05) is 6.07 Å². The monoisotopic (exact) mass is 253 g/mol. The van der Waals surface area contributed by atoms with Crippen LogP contribution >= 0.6 is 0 Å². The fourth-order valence-electron chi connectivity index (χ4n) is 1.69. The summed E-state index contributed by atoms with van der Waals surface area (Å²) in [6.07, 6.45) is 0. The fraction of sp³-hybridized carbons (Fsp3) is 0.500. The van der Waals surface area contributed by atoms with Gasteiger partial charge in [0.15, 0.2) is 0 Å². The van der Waals surface area contributed by atoms with E-state index in [0.717, 1.165) is 0 Å². The zero-order chi connectivity index (χ0) is 13.9. The zero-order valence-corrected chi connectivity index (χ0v) is 10.8. The molecule has 0 amide bonds. The summed E-state index contributed by atoms with van der Waals surface area (Å²) in [4.78, 5) is 10.3. The fourth-order valence-corrected chi connectivity index (χ4v) is 1.69. The van der Waals surface area contributed by atoms with Gasteiger partial charge in [-0.15, -0.1) is 0 Å².